The molecule has 0 N–H and O–H groups in total. The molecule has 0 aliphatic heterocycles. The van der Waals surface area contributed by atoms with Gasteiger partial charge in [0.25, 0.3) is 8.32 Å². The molecule has 6 heteroatoms. The van der Waals surface area contributed by atoms with E-state index in [-0.39, 0.29) is 5.04 Å². The van der Waals surface area contributed by atoms with Gasteiger partial charge in [-0.15, -0.1) is 0 Å². The van der Waals surface area contributed by atoms with Gasteiger partial charge in [0.1, 0.15) is 0 Å². The molecule has 0 amide bonds. The maximum Gasteiger partial charge on any atom is 0.358 e. The predicted octanol–water partition coefficient (Wildman–Crippen LogP) is 3.25. The fourth-order valence-corrected chi connectivity index (χ4v) is 8.31. The molecule has 1 heterocycles. The van der Waals surface area contributed by atoms with Crippen molar-refractivity contribution in [3.63, 3.8) is 0 Å². The monoisotopic (exact) mass is 408 g/mol. The molecule has 3 rings (SSSR count). The molecule has 0 radical (unpaired) electrons. The number of methoxy groups -OCH3 is 1. The van der Waals surface area contributed by atoms with Crippen LogP contribution in [0.2, 0.25) is 5.04 Å². The zero-order valence-corrected chi connectivity index (χ0v) is 18.5. The van der Waals surface area contributed by atoms with E-state index in [1.165, 1.54) is 17.5 Å². The Kier molecular flexibility index (Phi) is 6.35. The Morgan fingerprint density at radius 3 is 2.00 bits per heavy atom. The summed E-state index contributed by atoms with van der Waals surface area (Å²) in [5, 5.41) is 6.70. The first-order valence-electron chi connectivity index (χ1n) is 9.75. The van der Waals surface area contributed by atoms with Gasteiger partial charge in [-0.1, -0.05) is 81.4 Å². The normalized spacial score (nSPS) is 12.0. The summed E-state index contributed by atoms with van der Waals surface area (Å²) in [6, 6.07) is 22.7. The summed E-state index contributed by atoms with van der Waals surface area (Å²) in [7, 11) is -1.20. The van der Waals surface area contributed by atoms with E-state index < -0.39 is 14.3 Å². The minimum Gasteiger partial charge on any atom is -0.464 e. The van der Waals surface area contributed by atoms with Crippen LogP contribution in [-0.2, 0) is 15.7 Å². The molecule has 0 fully saturated rings. The summed E-state index contributed by atoms with van der Waals surface area (Å²) in [5.41, 5.74) is 0.304. The second kappa shape index (κ2) is 8.76. The zero-order chi connectivity index (χ0) is 20.9. The average Bonchev–Trinajstić information content (AvgIpc) is 3.20. The molecule has 0 aliphatic rings. The average molecular weight is 409 g/mol. The molecular weight excluding hydrogens is 380 g/mol. The summed E-state index contributed by atoms with van der Waals surface area (Å²) >= 11 is 0. The molecule has 0 bridgehead atoms. The largest absolute Gasteiger partial charge is 0.464 e. The van der Waals surface area contributed by atoms with Crippen molar-refractivity contribution < 1.29 is 14.0 Å². The SMILES string of the molecule is COC(=O)c1ccn(CCO[Si](c2ccccc2)(c2ccccc2)C(C)(C)C)n1. The Bertz CT molecular complexity index is 894. The van der Waals surface area contributed by atoms with Gasteiger partial charge in [-0.05, 0) is 21.5 Å². The van der Waals surface area contributed by atoms with Crippen molar-refractivity contribution in [1.82, 2.24) is 9.78 Å². The predicted molar refractivity (Wildman–Crippen MR) is 117 cm³/mol. The number of hydrogen-bond donors (Lipinski definition) is 0. The van der Waals surface area contributed by atoms with E-state index in [9.17, 15) is 4.79 Å². The molecule has 5 nitrogen and oxygen atoms in total. The molecule has 1 aromatic heterocycles. The van der Waals surface area contributed by atoms with Crippen LogP contribution in [0.15, 0.2) is 72.9 Å². The summed E-state index contributed by atoms with van der Waals surface area (Å²) in [6.45, 7) is 7.81. The number of carbonyl (C=O) groups excluding carboxylic acids is 1. The lowest BCUT2D eigenvalue weighted by Gasteiger charge is -2.43. The summed E-state index contributed by atoms with van der Waals surface area (Å²) in [6.07, 6.45) is 1.78. The first kappa shape index (κ1) is 21.0. The topological polar surface area (TPSA) is 53.4 Å². The minimum absolute atomic E-state index is 0.0724. The fourth-order valence-electron chi connectivity index (χ4n) is 3.75. The van der Waals surface area contributed by atoms with Crippen LogP contribution in [0.5, 0.6) is 0 Å². The van der Waals surface area contributed by atoms with Crippen LogP contribution < -0.4 is 10.4 Å². The van der Waals surface area contributed by atoms with Crippen molar-refractivity contribution in [2.45, 2.75) is 32.4 Å². The molecule has 3 aromatic rings. The van der Waals surface area contributed by atoms with Gasteiger partial charge in [0, 0.05) is 6.20 Å². The number of carbonyl (C=O) groups is 1. The molecule has 0 unspecified atom stereocenters. The van der Waals surface area contributed by atoms with Crippen molar-refractivity contribution in [3.05, 3.63) is 78.6 Å². The van der Waals surface area contributed by atoms with E-state index in [1.807, 2.05) is 12.1 Å². The Hall–Kier alpha value is -2.70. The summed E-state index contributed by atoms with van der Waals surface area (Å²) < 4.78 is 13.3. The third kappa shape index (κ3) is 4.33. The van der Waals surface area contributed by atoms with Crippen LogP contribution in [0.1, 0.15) is 31.3 Å². The lowest BCUT2D eigenvalue weighted by molar-refractivity contribution is 0.0592. The molecule has 29 heavy (non-hydrogen) atoms. The van der Waals surface area contributed by atoms with Crippen LogP contribution in [0.25, 0.3) is 0 Å². The standard InChI is InChI=1S/C23H28N2O3Si/c1-23(2,3)29(19-11-7-5-8-12-19,20-13-9-6-10-14-20)28-18-17-25-16-15-21(24-25)22(26)27-4/h5-16H,17-18H2,1-4H3. The highest BCUT2D eigenvalue weighted by molar-refractivity contribution is 6.99. The quantitative estimate of drug-likeness (QED) is 0.445. The summed E-state index contributed by atoms with van der Waals surface area (Å²) in [5.74, 6) is -0.434. The Balaban J connectivity index is 1.92. The maximum absolute atomic E-state index is 11.6. The lowest BCUT2D eigenvalue weighted by atomic mass is 10.2. The van der Waals surface area contributed by atoms with Crippen LogP contribution >= 0.6 is 0 Å². The molecule has 2 aromatic carbocycles. The highest BCUT2D eigenvalue weighted by atomic mass is 28.4. The first-order valence-corrected chi connectivity index (χ1v) is 11.7. The molecule has 0 spiro atoms. The molecule has 0 saturated carbocycles. The second-order valence-electron chi connectivity index (χ2n) is 7.97. The number of hydrogen-bond acceptors (Lipinski definition) is 4. The van der Waals surface area contributed by atoms with Gasteiger partial charge in [-0.3, -0.25) is 4.68 Å². The Labute approximate surface area is 173 Å². The number of nitrogens with zero attached hydrogens (tertiary/aromatic N) is 2. The Morgan fingerprint density at radius 2 is 1.52 bits per heavy atom. The van der Waals surface area contributed by atoms with Crippen molar-refractivity contribution in [3.8, 4) is 0 Å². The smallest absolute Gasteiger partial charge is 0.358 e. The molecular formula is C23H28N2O3Si. The Morgan fingerprint density at radius 1 is 0.966 bits per heavy atom. The first-order chi connectivity index (χ1) is 13.9. The van der Waals surface area contributed by atoms with Gasteiger partial charge in [0.05, 0.1) is 20.3 Å². The zero-order valence-electron chi connectivity index (χ0n) is 17.5. The van der Waals surface area contributed by atoms with Crippen molar-refractivity contribution in [2.24, 2.45) is 0 Å². The van der Waals surface area contributed by atoms with Gasteiger partial charge in [-0.25, -0.2) is 4.79 Å². The van der Waals surface area contributed by atoms with Crippen LogP contribution in [0, 0.1) is 0 Å². The van der Waals surface area contributed by atoms with Crippen molar-refractivity contribution in [1.29, 1.82) is 0 Å². The van der Waals surface area contributed by atoms with Crippen LogP contribution in [-0.4, -0.2) is 37.8 Å². The third-order valence-corrected chi connectivity index (χ3v) is 10.1. The van der Waals surface area contributed by atoms with E-state index in [2.05, 4.69) is 74.4 Å². The lowest BCUT2D eigenvalue weighted by Crippen LogP contribution is -2.66. The van der Waals surface area contributed by atoms with Crippen LogP contribution in [0.3, 0.4) is 0 Å². The van der Waals surface area contributed by atoms with Gasteiger partial charge in [0.15, 0.2) is 5.69 Å². The van der Waals surface area contributed by atoms with Crippen LogP contribution in [0.4, 0.5) is 0 Å². The van der Waals surface area contributed by atoms with E-state index >= 15 is 0 Å². The molecule has 152 valence electrons. The van der Waals surface area contributed by atoms with E-state index in [0.29, 0.717) is 18.8 Å². The maximum atomic E-state index is 11.6. The molecule has 0 saturated heterocycles. The number of esters is 1. The number of benzene rings is 2. The van der Waals surface area contributed by atoms with E-state index in [4.69, 9.17) is 9.16 Å². The molecule has 0 aliphatic carbocycles. The van der Waals surface area contributed by atoms with Gasteiger partial charge >= 0.3 is 5.97 Å². The van der Waals surface area contributed by atoms with Gasteiger partial charge < -0.3 is 9.16 Å². The molecule has 0 atom stereocenters. The second-order valence-corrected chi connectivity index (χ2v) is 12.3. The highest BCUT2D eigenvalue weighted by Crippen LogP contribution is 2.36. The van der Waals surface area contributed by atoms with Crippen molar-refractivity contribution in [2.75, 3.05) is 13.7 Å². The summed E-state index contributed by atoms with van der Waals surface area (Å²) in [4.78, 5) is 11.6. The third-order valence-electron chi connectivity index (χ3n) is 5.09. The van der Waals surface area contributed by atoms with Crippen molar-refractivity contribution >= 4 is 24.7 Å². The van der Waals surface area contributed by atoms with Gasteiger partial charge in [0.2, 0.25) is 0 Å². The van der Waals surface area contributed by atoms with Gasteiger partial charge in [-0.2, -0.15) is 5.10 Å². The number of rotatable bonds is 7. The minimum atomic E-state index is -2.56. The highest BCUT2D eigenvalue weighted by Gasteiger charge is 2.49. The fraction of sp³-hybridized carbons (Fsp3) is 0.304. The number of ether oxygens (including phenoxy) is 1. The van der Waals surface area contributed by atoms with E-state index in [0.717, 1.165) is 0 Å². The van der Waals surface area contributed by atoms with E-state index in [1.54, 1.807) is 16.9 Å². The number of aromatic nitrogens is 2.